The molecule has 21 heavy (non-hydrogen) atoms. The van der Waals surface area contributed by atoms with Gasteiger partial charge in [0.1, 0.15) is 11.6 Å². The van der Waals surface area contributed by atoms with Crippen molar-refractivity contribution >= 4 is 15.9 Å². The maximum Gasteiger partial charge on any atom is 0.123 e. The van der Waals surface area contributed by atoms with Gasteiger partial charge in [-0.3, -0.25) is 4.90 Å². The average molecular weight is 353 g/mol. The normalized spacial score (nSPS) is 16.4. The van der Waals surface area contributed by atoms with Crippen LogP contribution in [-0.2, 0) is 6.54 Å². The second kappa shape index (κ2) is 6.30. The van der Waals surface area contributed by atoms with Crippen molar-refractivity contribution in [3.63, 3.8) is 0 Å². The van der Waals surface area contributed by atoms with E-state index >= 15 is 0 Å². The van der Waals surface area contributed by atoms with Crippen LogP contribution < -0.4 is 5.73 Å². The monoisotopic (exact) mass is 352 g/mol. The molecule has 1 aliphatic carbocycles. The highest BCUT2D eigenvalue weighted by molar-refractivity contribution is 9.10. The number of furan rings is 1. The summed E-state index contributed by atoms with van der Waals surface area (Å²) in [6.45, 7) is 1.14. The fourth-order valence-corrected chi connectivity index (χ4v) is 3.20. The van der Waals surface area contributed by atoms with Gasteiger partial charge in [0.2, 0.25) is 0 Å². The zero-order valence-electron chi connectivity index (χ0n) is 11.6. The quantitative estimate of drug-likeness (QED) is 0.858. The van der Waals surface area contributed by atoms with Crippen LogP contribution in [0.2, 0.25) is 0 Å². The molecule has 0 radical (unpaired) electrons. The molecule has 1 aromatic heterocycles. The van der Waals surface area contributed by atoms with Crippen LogP contribution in [0.15, 0.2) is 45.5 Å². The molecular weight excluding hydrogens is 335 g/mol. The van der Waals surface area contributed by atoms with Gasteiger partial charge in [0, 0.05) is 23.1 Å². The molecule has 5 heteroatoms. The van der Waals surface area contributed by atoms with Crippen molar-refractivity contribution in [2.45, 2.75) is 31.5 Å². The Bertz CT molecular complexity index is 598. The molecular formula is C16H18BrFN2O. The van der Waals surface area contributed by atoms with E-state index in [9.17, 15) is 4.39 Å². The fraction of sp³-hybridized carbons (Fsp3) is 0.375. The molecule has 1 heterocycles. The van der Waals surface area contributed by atoms with Crippen LogP contribution >= 0.6 is 15.9 Å². The predicted molar refractivity (Wildman–Crippen MR) is 83.2 cm³/mol. The Morgan fingerprint density at radius 1 is 1.38 bits per heavy atom. The molecule has 0 aliphatic heterocycles. The molecule has 0 bridgehead atoms. The van der Waals surface area contributed by atoms with E-state index < -0.39 is 0 Å². The molecule has 2 aromatic rings. The highest BCUT2D eigenvalue weighted by atomic mass is 79.9. The number of hydrogen-bond acceptors (Lipinski definition) is 3. The summed E-state index contributed by atoms with van der Waals surface area (Å²) in [6, 6.07) is 9.09. The Balaban J connectivity index is 1.89. The second-order valence-corrected chi connectivity index (χ2v) is 6.25. The van der Waals surface area contributed by atoms with Crippen molar-refractivity contribution in [1.29, 1.82) is 0 Å². The van der Waals surface area contributed by atoms with E-state index in [0.717, 1.165) is 28.6 Å². The minimum Gasteiger partial charge on any atom is -0.468 e. The van der Waals surface area contributed by atoms with E-state index in [4.69, 9.17) is 10.2 Å². The van der Waals surface area contributed by atoms with E-state index in [1.54, 1.807) is 18.4 Å². The van der Waals surface area contributed by atoms with Gasteiger partial charge in [-0.2, -0.15) is 0 Å². The topological polar surface area (TPSA) is 42.4 Å². The highest BCUT2D eigenvalue weighted by Gasteiger charge is 2.35. The van der Waals surface area contributed by atoms with E-state index in [2.05, 4.69) is 20.8 Å². The number of benzene rings is 1. The lowest BCUT2D eigenvalue weighted by Gasteiger charge is -2.31. The summed E-state index contributed by atoms with van der Waals surface area (Å²) >= 11 is 3.52. The van der Waals surface area contributed by atoms with Crippen molar-refractivity contribution in [1.82, 2.24) is 4.90 Å². The minimum absolute atomic E-state index is 0.0207. The van der Waals surface area contributed by atoms with Gasteiger partial charge in [0.05, 0.1) is 12.8 Å². The van der Waals surface area contributed by atoms with Crippen molar-refractivity contribution in [2.75, 3.05) is 6.54 Å². The molecule has 1 fully saturated rings. The first kappa shape index (κ1) is 14.8. The number of nitrogens with two attached hydrogens (primary N) is 1. The van der Waals surface area contributed by atoms with Gasteiger partial charge < -0.3 is 10.2 Å². The molecule has 112 valence electrons. The summed E-state index contributed by atoms with van der Waals surface area (Å²) in [7, 11) is 0. The average Bonchev–Trinajstić information content (AvgIpc) is 3.19. The minimum atomic E-state index is -0.236. The molecule has 1 aliphatic rings. The molecule has 3 rings (SSSR count). The maximum absolute atomic E-state index is 13.6. The summed E-state index contributed by atoms with van der Waals surface area (Å²) in [6.07, 6.45) is 3.99. The fourth-order valence-electron chi connectivity index (χ4n) is 2.69. The van der Waals surface area contributed by atoms with E-state index in [1.165, 1.54) is 6.07 Å². The number of nitrogens with zero attached hydrogens (tertiary/aromatic N) is 1. The van der Waals surface area contributed by atoms with Crippen LogP contribution in [-0.4, -0.2) is 17.5 Å². The Morgan fingerprint density at radius 2 is 2.19 bits per heavy atom. The molecule has 0 amide bonds. The Kier molecular flexibility index (Phi) is 4.42. The molecule has 1 unspecified atom stereocenters. The summed E-state index contributed by atoms with van der Waals surface area (Å²) in [5, 5.41) is 0. The van der Waals surface area contributed by atoms with Gasteiger partial charge in [0.25, 0.3) is 0 Å². The number of rotatable bonds is 6. The van der Waals surface area contributed by atoms with Gasteiger partial charge in [0.15, 0.2) is 0 Å². The molecule has 1 atom stereocenters. The number of hydrogen-bond donors (Lipinski definition) is 1. The number of halogens is 2. The summed E-state index contributed by atoms with van der Waals surface area (Å²) in [5.74, 6) is 0.674. The largest absolute Gasteiger partial charge is 0.468 e. The maximum atomic E-state index is 13.6. The smallest absolute Gasteiger partial charge is 0.123 e. The third-order valence-electron chi connectivity index (χ3n) is 3.88. The lowest BCUT2D eigenvalue weighted by Crippen LogP contribution is -2.35. The van der Waals surface area contributed by atoms with Crippen molar-refractivity contribution in [3.05, 3.63) is 58.2 Å². The van der Waals surface area contributed by atoms with E-state index in [1.807, 2.05) is 12.1 Å². The van der Waals surface area contributed by atoms with Gasteiger partial charge in [-0.15, -0.1) is 0 Å². The lowest BCUT2D eigenvalue weighted by atomic mass is 10.0. The standard InChI is InChI=1S/C16H18BrFN2O/c17-15-6-3-11(18)8-14(15)16(9-19)20(12-4-5-12)10-13-2-1-7-21-13/h1-3,6-8,12,16H,4-5,9-10,19H2. The predicted octanol–water partition coefficient (Wildman–Crippen LogP) is 3.85. The zero-order chi connectivity index (χ0) is 14.8. The Labute approximate surface area is 132 Å². The summed E-state index contributed by atoms with van der Waals surface area (Å²) in [4.78, 5) is 2.32. The van der Waals surface area contributed by atoms with Crippen LogP contribution in [0.5, 0.6) is 0 Å². The van der Waals surface area contributed by atoms with Crippen LogP contribution in [0.25, 0.3) is 0 Å². The zero-order valence-corrected chi connectivity index (χ0v) is 13.2. The molecule has 0 spiro atoms. The summed E-state index contributed by atoms with van der Waals surface area (Å²) in [5.41, 5.74) is 6.90. The van der Waals surface area contributed by atoms with Crippen molar-refractivity contribution in [2.24, 2.45) is 5.73 Å². The molecule has 2 N–H and O–H groups in total. The summed E-state index contributed by atoms with van der Waals surface area (Å²) < 4.78 is 20.0. The van der Waals surface area contributed by atoms with Crippen LogP contribution in [0.3, 0.4) is 0 Å². The van der Waals surface area contributed by atoms with Gasteiger partial charge in [-0.25, -0.2) is 4.39 Å². The van der Waals surface area contributed by atoms with E-state index in [-0.39, 0.29) is 11.9 Å². The Morgan fingerprint density at radius 3 is 2.81 bits per heavy atom. The molecule has 3 nitrogen and oxygen atoms in total. The molecule has 0 saturated heterocycles. The first-order valence-electron chi connectivity index (χ1n) is 7.12. The molecule has 1 saturated carbocycles. The third-order valence-corrected chi connectivity index (χ3v) is 4.60. The van der Waals surface area contributed by atoms with E-state index in [0.29, 0.717) is 19.1 Å². The lowest BCUT2D eigenvalue weighted by molar-refractivity contribution is 0.167. The van der Waals surface area contributed by atoms with Crippen LogP contribution in [0.1, 0.15) is 30.2 Å². The SMILES string of the molecule is NCC(c1cc(F)ccc1Br)N(Cc1ccco1)C1CC1. The second-order valence-electron chi connectivity index (χ2n) is 5.40. The first-order valence-corrected chi connectivity index (χ1v) is 7.91. The van der Waals surface area contributed by atoms with Gasteiger partial charge in [-0.1, -0.05) is 15.9 Å². The van der Waals surface area contributed by atoms with Gasteiger partial charge in [-0.05, 0) is 48.7 Å². The van der Waals surface area contributed by atoms with Crippen LogP contribution in [0, 0.1) is 5.82 Å². The Hall–Kier alpha value is -1.17. The van der Waals surface area contributed by atoms with Gasteiger partial charge >= 0.3 is 0 Å². The first-order chi connectivity index (χ1) is 10.2. The molecule has 1 aromatic carbocycles. The third kappa shape index (κ3) is 3.36. The van der Waals surface area contributed by atoms with Crippen LogP contribution in [0.4, 0.5) is 4.39 Å². The van der Waals surface area contributed by atoms with Crippen molar-refractivity contribution in [3.8, 4) is 0 Å². The van der Waals surface area contributed by atoms with Crippen molar-refractivity contribution < 1.29 is 8.81 Å². The highest BCUT2D eigenvalue weighted by Crippen LogP contribution is 2.37.